The Balaban J connectivity index is 4.33. The van der Waals surface area contributed by atoms with Crippen molar-refractivity contribution in [2.24, 2.45) is 0 Å². The summed E-state index contributed by atoms with van der Waals surface area (Å²) in [5.74, 6) is 0. The first-order chi connectivity index (χ1) is 6.14. The topological polar surface area (TPSA) is 3.24 Å². The highest BCUT2D eigenvalue weighted by Gasteiger charge is 2.27. The molecular formula is C12H27N. The summed E-state index contributed by atoms with van der Waals surface area (Å²) in [6.45, 7) is 13.9. The fourth-order valence-electron chi connectivity index (χ4n) is 2.51. The quantitative estimate of drug-likeness (QED) is 0.585. The van der Waals surface area contributed by atoms with Gasteiger partial charge in [0.05, 0.1) is 0 Å². The zero-order chi connectivity index (χ0) is 10.3. The van der Waals surface area contributed by atoms with Crippen LogP contribution in [0.3, 0.4) is 0 Å². The van der Waals surface area contributed by atoms with Gasteiger partial charge in [0.1, 0.15) is 0 Å². The minimum Gasteiger partial charge on any atom is -0.298 e. The predicted molar refractivity (Wildman–Crippen MR) is 61.1 cm³/mol. The molecule has 80 valence electrons. The van der Waals surface area contributed by atoms with Crippen molar-refractivity contribution < 1.29 is 0 Å². The van der Waals surface area contributed by atoms with E-state index in [0.29, 0.717) is 5.54 Å². The number of rotatable bonds is 7. The lowest BCUT2D eigenvalue weighted by atomic mass is 9.89. The molecule has 0 saturated heterocycles. The Kier molecular flexibility index (Phi) is 6.40. The van der Waals surface area contributed by atoms with Crippen LogP contribution in [0, 0.1) is 0 Å². The lowest BCUT2D eigenvalue weighted by Gasteiger charge is -2.40. The number of hydrogen-bond acceptors (Lipinski definition) is 1. The second-order valence-corrected chi connectivity index (χ2v) is 4.17. The molecular weight excluding hydrogens is 158 g/mol. The fraction of sp³-hybridized carbons (Fsp3) is 1.00. The maximum atomic E-state index is 2.61. The third-order valence-electron chi connectivity index (χ3n) is 3.10. The Morgan fingerprint density at radius 2 is 1.23 bits per heavy atom. The zero-order valence-electron chi connectivity index (χ0n) is 10.2. The first-order valence-corrected chi connectivity index (χ1v) is 5.89. The highest BCUT2D eigenvalue weighted by atomic mass is 15.2. The number of nitrogens with zero attached hydrogens (tertiary/aromatic N) is 1. The summed E-state index contributed by atoms with van der Waals surface area (Å²) in [6.07, 6.45) is 5.27. The summed E-state index contributed by atoms with van der Waals surface area (Å²) in [7, 11) is 0. The van der Waals surface area contributed by atoms with Gasteiger partial charge in [0.15, 0.2) is 0 Å². The van der Waals surface area contributed by atoms with Gasteiger partial charge in [0, 0.05) is 5.54 Å². The van der Waals surface area contributed by atoms with Crippen molar-refractivity contribution in [1.82, 2.24) is 4.90 Å². The van der Waals surface area contributed by atoms with Gasteiger partial charge >= 0.3 is 0 Å². The van der Waals surface area contributed by atoms with E-state index in [9.17, 15) is 0 Å². The molecule has 0 heterocycles. The van der Waals surface area contributed by atoms with Crippen molar-refractivity contribution in [2.75, 3.05) is 13.1 Å². The summed E-state index contributed by atoms with van der Waals surface area (Å²) < 4.78 is 0. The monoisotopic (exact) mass is 185 g/mol. The second-order valence-electron chi connectivity index (χ2n) is 4.17. The summed E-state index contributed by atoms with van der Waals surface area (Å²) >= 11 is 0. The van der Waals surface area contributed by atoms with Crippen LogP contribution in [0.15, 0.2) is 0 Å². The van der Waals surface area contributed by atoms with Crippen LogP contribution in [-0.2, 0) is 0 Å². The standard InChI is InChI=1S/C12H27N/c1-6-10-12(5,11-7-2)13(8-3)9-4/h6-11H2,1-5H3. The second kappa shape index (κ2) is 6.42. The van der Waals surface area contributed by atoms with Crippen molar-refractivity contribution in [3.8, 4) is 0 Å². The molecule has 0 aromatic heterocycles. The Hall–Kier alpha value is -0.0400. The first kappa shape index (κ1) is 13.0. The van der Waals surface area contributed by atoms with Crippen LogP contribution >= 0.6 is 0 Å². The smallest absolute Gasteiger partial charge is 0.0181 e. The van der Waals surface area contributed by atoms with Gasteiger partial charge in [0.2, 0.25) is 0 Å². The normalized spacial score (nSPS) is 12.5. The third-order valence-corrected chi connectivity index (χ3v) is 3.10. The third kappa shape index (κ3) is 3.68. The van der Waals surface area contributed by atoms with Gasteiger partial charge in [-0.05, 0) is 32.9 Å². The Labute approximate surface area is 84.5 Å². The van der Waals surface area contributed by atoms with Gasteiger partial charge in [-0.15, -0.1) is 0 Å². The van der Waals surface area contributed by atoms with E-state index >= 15 is 0 Å². The van der Waals surface area contributed by atoms with Crippen LogP contribution in [0.4, 0.5) is 0 Å². The van der Waals surface area contributed by atoms with E-state index in [1.165, 1.54) is 38.8 Å². The lowest BCUT2D eigenvalue weighted by Crippen LogP contribution is -2.46. The molecule has 0 amide bonds. The molecule has 13 heavy (non-hydrogen) atoms. The molecule has 0 N–H and O–H groups in total. The minimum absolute atomic E-state index is 0.451. The van der Waals surface area contributed by atoms with Crippen LogP contribution in [0.5, 0.6) is 0 Å². The van der Waals surface area contributed by atoms with Gasteiger partial charge in [-0.2, -0.15) is 0 Å². The van der Waals surface area contributed by atoms with E-state index in [1.807, 2.05) is 0 Å². The van der Waals surface area contributed by atoms with Gasteiger partial charge in [-0.1, -0.05) is 40.5 Å². The van der Waals surface area contributed by atoms with E-state index in [2.05, 4.69) is 39.5 Å². The molecule has 1 heteroatoms. The molecule has 0 aliphatic heterocycles. The van der Waals surface area contributed by atoms with E-state index in [0.717, 1.165) is 0 Å². The highest BCUT2D eigenvalue weighted by Crippen LogP contribution is 2.26. The van der Waals surface area contributed by atoms with Gasteiger partial charge in [0.25, 0.3) is 0 Å². The summed E-state index contributed by atoms with van der Waals surface area (Å²) in [5.41, 5.74) is 0.451. The molecule has 0 radical (unpaired) electrons. The molecule has 0 bridgehead atoms. The van der Waals surface area contributed by atoms with E-state index in [1.54, 1.807) is 0 Å². The SMILES string of the molecule is CCCC(C)(CCC)N(CC)CC. The van der Waals surface area contributed by atoms with Gasteiger partial charge in [-0.25, -0.2) is 0 Å². The van der Waals surface area contributed by atoms with Crippen LogP contribution < -0.4 is 0 Å². The molecule has 0 rings (SSSR count). The molecule has 0 aromatic rings. The molecule has 0 fully saturated rings. The average Bonchev–Trinajstić information content (AvgIpc) is 2.07. The van der Waals surface area contributed by atoms with Crippen molar-refractivity contribution in [2.45, 2.75) is 65.8 Å². The van der Waals surface area contributed by atoms with Crippen molar-refractivity contribution in [3.63, 3.8) is 0 Å². The Morgan fingerprint density at radius 1 is 0.846 bits per heavy atom. The predicted octanol–water partition coefficient (Wildman–Crippen LogP) is 3.69. The van der Waals surface area contributed by atoms with E-state index in [4.69, 9.17) is 0 Å². The first-order valence-electron chi connectivity index (χ1n) is 5.89. The van der Waals surface area contributed by atoms with Gasteiger partial charge < -0.3 is 0 Å². The maximum absolute atomic E-state index is 2.61. The van der Waals surface area contributed by atoms with Crippen molar-refractivity contribution in [3.05, 3.63) is 0 Å². The minimum atomic E-state index is 0.451. The van der Waals surface area contributed by atoms with Crippen molar-refractivity contribution in [1.29, 1.82) is 0 Å². The molecule has 0 aromatic carbocycles. The Bertz CT molecular complexity index is 110. The molecule has 0 unspecified atom stereocenters. The fourth-order valence-corrected chi connectivity index (χ4v) is 2.51. The molecule has 0 spiro atoms. The molecule has 0 aliphatic rings. The largest absolute Gasteiger partial charge is 0.298 e. The average molecular weight is 185 g/mol. The summed E-state index contributed by atoms with van der Waals surface area (Å²) in [6, 6.07) is 0. The molecule has 0 aliphatic carbocycles. The molecule has 0 atom stereocenters. The van der Waals surface area contributed by atoms with E-state index < -0.39 is 0 Å². The molecule has 1 nitrogen and oxygen atoms in total. The number of hydrogen-bond donors (Lipinski definition) is 0. The molecule has 0 saturated carbocycles. The highest BCUT2D eigenvalue weighted by molar-refractivity contribution is 4.84. The van der Waals surface area contributed by atoms with Gasteiger partial charge in [-0.3, -0.25) is 4.90 Å². The lowest BCUT2D eigenvalue weighted by molar-refractivity contribution is 0.0959. The maximum Gasteiger partial charge on any atom is 0.0181 e. The van der Waals surface area contributed by atoms with Crippen LogP contribution in [-0.4, -0.2) is 23.5 Å². The Morgan fingerprint density at radius 3 is 1.46 bits per heavy atom. The van der Waals surface area contributed by atoms with Crippen molar-refractivity contribution >= 4 is 0 Å². The van der Waals surface area contributed by atoms with Crippen LogP contribution in [0.2, 0.25) is 0 Å². The van der Waals surface area contributed by atoms with Crippen LogP contribution in [0.25, 0.3) is 0 Å². The van der Waals surface area contributed by atoms with E-state index in [-0.39, 0.29) is 0 Å². The van der Waals surface area contributed by atoms with Crippen LogP contribution in [0.1, 0.15) is 60.3 Å². The zero-order valence-corrected chi connectivity index (χ0v) is 10.2. The summed E-state index contributed by atoms with van der Waals surface area (Å²) in [4.78, 5) is 2.61. The summed E-state index contributed by atoms with van der Waals surface area (Å²) in [5, 5.41) is 0.